The van der Waals surface area contributed by atoms with E-state index in [-0.39, 0.29) is 30.3 Å². The number of fused-ring (bicyclic) bond motifs is 1. The van der Waals surface area contributed by atoms with Crippen LogP contribution in [0.1, 0.15) is 5.56 Å². The summed E-state index contributed by atoms with van der Waals surface area (Å²) >= 11 is 0. The van der Waals surface area contributed by atoms with E-state index < -0.39 is 34.6 Å². The van der Waals surface area contributed by atoms with E-state index in [9.17, 15) is 18.0 Å². The average Bonchev–Trinajstić information content (AvgIpc) is 2.84. The molecule has 10 nitrogen and oxygen atoms in total. The van der Waals surface area contributed by atoms with Gasteiger partial charge in [-0.25, -0.2) is 13.2 Å². The van der Waals surface area contributed by atoms with Crippen LogP contribution in [0.2, 0.25) is 0 Å². The van der Waals surface area contributed by atoms with Crippen molar-refractivity contribution >= 4 is 27.6 Å². The molecule has 2 aromatic carbocycles. The van der Waals surface area contributed by atoms with Gasteiger partial charge in [0.2, 0.25) is 16.1 Å². The number of hydrogen-bond donors (Lipinski definition) is 1. The molecule has 2 heterocycles. The maximum absolute atomic E-state index is 13.0. The fourth-order valence-corrected chi connectivity index (χ4v) is 5.10. The summed E-state index contributed by atoms with van der Waals surface area (Å²) in [5.74, 6) is -0.400. The number of ether oxygens (including phenoxy) is 4. The van der Waals surface area contributed by atoms with Crippen molar-refractivity contribution in [2.45, 2.75) is 17.9 Å². The van der Waals surface area contributed by atoms with Crippen LogP contribution in [0.4, 0.5) is 5.69 Å². The molecule has 1 saturated heterocycles. The molecule has 176 valence electrons. The number of benzene rings is 2. The normalized spacial score (nSPS) is 18.4. The minimum absolute atomic E-state index is 0.0296. The second-order valence-corrected chi connectivity index (χ2v) is 9.42. The number of rotatable bonds is 6. The first-order valence-corrected chi connectivity index (χ1v) is 11.8. The maximum Gasteiger partial charge on any atom is 0.351 e. The van der Waals surface area contributed by atoms with Crippen molar-refractivity contribution in [3.05, 3.63) is 48.0 Å². The molecular weight excluding hydrogens is 452 g/mol. The number of anilines is 1. The van der Waals surface area contributed by atoms with Gasteiger partial charge >= 0.3 is 5.97 Å². The van der Waals surface area contributed by atoms with Gasteiger partial charge in [0.15, 0.2) is 18.1 Å². The zero-order chi connectivity index (χ0) is 23.4. The van der Waals surface area contributed by atoms with E-state index in [1.807, 2.05) is 0 Å². The number of amides is 1. The van der Waals surface area contributed by atoms with Crippen molar-refractivity contribution in [2.24, 2.45) is 0 Å². The van der Waals surface area contributed by atoms with Crippen molar-refractivity contribution in [3.63, 3.8) is 0 Å². The Morgan fingerprint density at radius 3 is 2.61 bits per heavy atom. The molecule has 0 aromatic heterocycles. The molecule has 0 spiro atoms. The minimum Gasteiger partial charge on any atom is -0.485 e. The van der Waals surface area contributed by atoms with Gasteiger partial charge in [-0.3, -0.25) is 4.79 Å². The van der Waals surface area contributed by atoms with Crippen LogP contribution >= 0.6 is 0 Å². The summed E-state index contributed by atoms with van der Waals surface area (Å²) in [6.07, 6.45) is -0.989. The lowest BCUT2D eigenvalue weighted by molar-refractivity contribution is -0.156. The van der Waals surface area contributed by atoms with Crippen LogP contribution in [0.5, 0.6) is 11.5 Å². The van der Waals surface area contributed by atoms with Crippen molar-refractivity contribution in [3.8, 4) is 11.5 Å². The molecule has 1 fully saturated rings. The van der Waals surface area contributed by atoms with Gasteiger partial charge in [0.05, 0.1) is 18.1 Å². The van der Waals surface area contributed by atoms with E-state index in [1.54, 1.807) is 43.3 Å². The van der Waals surface area contributed by atoms with Crippen LogP contribution in [0.15, 0.2) is 47.4 Å². The van der Waals surface area contributed by atoms with Gasteiger partial charge in [-0.05, 0) is 36.8 Å². The van der Waals surface area contributed by atoms with Crippen LogP contribution in [-0.2, 0) is 29.1 Å². The predicted molar refractivity (Wildman–Crippen MR) is 117 cm³/mol. The van der Waals surface area contributed by atoms with Gasteiger partial charge in [0, 0.05) is 18.8 Å². The summed E-state index contributed by atoms with van der Waals surface area (Å²) < 4.78 is 48.6. The molecule has 1 N–H and O–H groups in total. The summed E-state index contributed by atoms with van der Waals surface area (Å²) in [7, 11) is -3.73. The molecule has 0 radical (unpaired) electrons. The quantitative estimate of drug-likeness (QED) is 0.620. The first-order chi connectivity index (χ1) is 15.8. The van der Waals surface area contributed by atoms with E-state index in [0.717, 1.165) is 0 Å². The zero-order valence-corrected chi connectivity index (χ0v) is 18.8. The number of nitrogens with one attached hydrogen (secondary N) is 1. The number of nitrogens with zero attached hydrogens (tertiary/aromatic N) is 1. The zero-order valence-electron chi connectivity index (χ0n) is 18.0. The number of carbonyl (C=O) groups excluding carboxylic acids is 2. The summed E-state index contributed by atoms with van der Waals surface area (Å²) in [6, 6.07) is 11.5. The highest BCUT2D eigenvalue weighted by Crippen LogP contribution is 2.31. The number of esters is 1. The lowest BCUT2D eigenvalue weighted by atomic mass is 10.2. The van der Waals surface area contributed by atoms with Crippen LogP contribution in [0.3, 0.4) is 0 Å². The van der Waals surface area contributed by atoms with Crippen LogP contribution in [-0.4, -0.2) is 70.2 Å². The Kier molecular flexibility index (Phi) is 6.82. The molecular formula is C22H24N2O8S. The monoisotopic (exact) mass is 476 g/mol. The first-order valence-electron chi connectivity index (χ1n) is 10.4. The van der Waals surface area contributed by atoms with Gasteiger partial charge in [0.25, 0.3) is 5.91 Å². The lowest BCUT2D eigenvalue weighted by Crippen LogP contribution is -2.40. The Balaban J connectivity index is 1.35. The molecule has 4 rings (SSSR count). The highest BCUT2D eigenvalue weighted by atomic mass is 32.2. The molecule has 0 aliphatic carbocycles. The molecule has 2 aliphatic rings. The average molecular weight is 477 g/mol. The molecule has 1 amide bonds. The fourth-order valence-electron chi connectivity index (χ4n) is 3.44. The fraction of sp³-hybridized carbons (Fsp3) is 0.364. The SMILES string of the molecule is Cc1ccc(NC(=O)COC(=O)[C@H]2COc3ccccc3O2)cc1S(=O)(=O)N1CCOCC1. The molecule has 2 aromatic rings. The van der Waals surface area contributed by atoms with E-state index in [2.05, 4.69) is 5.32 Å². The second-order valence-electron chi connectivity index (χ2n) is 7.52. The van der Waals surface area contributed by atoms with E-state index in [0.29, 0.717) is 30.3 Å². The minimum atomic E-state index is -3.73. The van der Waals surface area contributed by atoms with Gasteiger partial charge in [0.1, 0.15) is 6.61 Å². The topological polar surface area (TPSA) is 120 Å². The number of carbonyl (C=O) groups is 2. The van der Waals surface area contributed by atoms with E-state index in [1.165, 1.54) is 10.4 Å². The van der Waals surface area contributed by atoms with Crippen molar-refractivity contribution in [1.29, 1.82) is 0 Å². The molecule has 0 saturated carbocycles. The van der Waals surface area contributed by atoms with Crippen LogP contribution < -0.4 is 14.8 Å². The van der Waals surface area contributed by atoms with Gasteiger partial charge < -0.3 is 24.3 Å². The van der Waals surface area contributed by atoms with Gasteiger partial charge in [-0.1, -0.05) is 18.2 Å². The predicted octanol–water partition coefficient (Wildman–Crippen LogP) is 1.34. The summed E-state index contributed by atoms with van der Waals surface area (Å²) in [5, 5.41) is 2.56. The Labute approximate surface area is 191 Å². The summed E-state index contributed by atoms with van der Waals surface area (Å²) in [5.41, 5.74) is 0.834. The number of morpholine rings is 1. The summed E-state index contributed by atoms with van der Waals surface area (Å²) in [6.45, 7) is 2.31. The molecule has 11 heteroatoms. The van der Waals surface area contributed by atoms with E-state index >= 15 is 0 Å². The van der Waals surface area contributed by atoms with Crippen LogP contribution in [0, 0.1) is 6.92 Å². The largest absolute Gasteiger partial charge is 0.485 e. The Hall–Kier alpha value is -3.15. The second kappa shape index (κ2) is 9.77. The maximum atomic E-state index is 13.0. The van der Waals surface area contributed by atoms with Crippen molar-refractivity contribution in [1.82, 2.24) is 4.31 Å². The van der Waals surface area contributed by atoms with Crippen molar-refractivity contribution in [2.75, 3.05) is 44.8 Å². The molecule has 2 aliphatic heterocycles. The third-order valence-electron chi connectivity index (χ3n) is 5.18. The highest BCUT2D eigenvalue weighted by molar-refractivity contribution is 7.89. The summed E-state index contributed by atoms with van der Waals surface area (Å²) in [4.78, 5) is 24.7. The molecule has 33 heavy (non-hydrogen) atoms. The Morgan fingerprint density at radius 1 is 1.12 bits per heavy atom. The Morgan fingerprint density at radius 2 is 1.85 bits per heavy atom. The number of sulfonamides is 1. The lowest BCUT2D eigenvalue weighted by Gasteiger charge is -2.27. The highest BCUT2D eigenvalue weighted by Gasteiger charge is 2.30. The molecule has 0 bridgehead atoms. The van der Waals surface area contributed by atoms with Crippen molar-refractivity contribution < 1.29 is 37.0 Å². The number of para-hydroxylation sites is 2. The Bertz CT molecular complexity index is 1140. The molecule has 1 atom stereocenters. The van der Waals surface area contributed by atoms with E-state index in [4.69, 9.17) is 18.9 Å². The van der Waals surface area contributed by atoms with Crippen LogP contribution in [0.25, 0.3) is 0 Å². The number of aryl methyl sites for hydroxylation is 1. The first kappa shape index (κ1) is 23.0. The van der Waals surface area contributed by atoms with Gasteiger partial charge in [-0.15, -0.1) is 0 Å². The smallest absolute Gasteiger partial charge is 0.351 e. The molecule has 0 unspecified atom stereocenters. The standard InChI is InChI=1S/C22H24N2O8S/c1-15-6-7-16(12-20(15)33(27,28)24-8-10-29-11-9-24)23-21(25)14-31-22(26)19-13-30-17-4-2-3-5-18(17)32-19/h2-7,12,19H,8-11,13-14H2,1H3,(H,23,25)/t19-/m1/s1. The number of hydrogen-bond acceptors (Lipinski definition) is 8. The third-order valence-corrected chi connectivity index (χ3v) is 7.22. The van der Waals surface area contributed by atoms with Gasteiger partial charge in [-0.2, -0.15) is 4.31 Å². The third kappa shape index (κ3) is 5.27.